The lowest BCUT2D eigenvalue weighted by molar-refractivity contribution is 0.0895. The smallest absolute Gasteiger partial charge is 0.272 e. The van der Waals surface area contributed by atoms with E-state index in [4.69, 9.17) is 0 Å². The molecule has 8 heteroatoms. The molecule has 2 amide bonds. The minimum atomic E-state index is -0.114. The van der Waals surface area contributed by atoms with Crippen LogP contribution in [0.5, 0.6) is 0 Å². The normalized spacial score (nSPS) is 14.8. The van der Waals surface area contributed by atoms with E-state index < -0.39 is 0 Å². The quantitative estimate of drug-likeness (QED) is 0.137. The molecule has 0 unspecified atom stereocenters. The molecule has 2 heterocycles. The predicted octanol–water partition coefficient (Wildman–Crippen LogP) is 10.4. The van der Waals surface area contributed by atoms with E-state index in [0.29, 0.717) is 22.7 Å². The highest BCUT2D eigenvalue weighted by Crippen LogP contribution is 2.29. The van der Waals surface area contributed by atoms with Gasteiger partial charge in [-0.1, -0.05) is 98.8 Å². The third-order valence-electron chi connectivity index (χ3n) is 10.7. The summed E-state index contributed by atoms with van der Waals surface area (Å²) in [7, 11) is 2.02. The van der Waals surface area contributed by atoms with E-state index in [1.165, 1.54) is 57.8 Å². The number of rotatable bonds is 10. The van der Waals surface area contributed by atoms with Crippen molar-refractivity contribution in [3.8, 4) is 0 Å². The molecular formula is C46H50N6O2. The maximum absolute atomic E-state index is 13.4. The third kappa shape index (κ3) is 9.30. The Morgan fingerprint density at radius 1 is 0.667 bits per heavy atom. The Labute approximate surface area is 318 Å². The number of nitrogens with zero attached hydrogens (tertiary/aromatic N) is 4. The molecule has 0 atom stereocenters. The molecule has 276 valence electrons. The summed E-state index contributed by atoms with van der Waals surface area (Å²) < 4.78 is 0. The molecule has 0 saturated heterocycles. The van der Waals surface area contributed by atoms with Gasteiger partial charge in [-0.3, -0.25) is 19.6 Å². The largest absolute Gasteiger partial charge is 0.384 e. The molecule has 8 nitrogen and oxygen atoms in total. The van der Waals surface area contributed by atoms with Gasteiger partial charge in [0.2, 0.25) is 0 Å². The summed E-state index contributed by atoms with van der Waals surface area (Å²) >= 11 is 0. The SMILES string of the molecule is CN(CC1CCCCC1)N(C(=O)c1ccccc1)c1cnc2ccccc2c1.O=C(Nc1cnc2ccccc2c1)c1ccccc1NCC1CCCC1. The van der Waals surface area contributed by atoms with Crippen LogP contribution in [0, 0.1) is 11.8 Å². The fourth-order valence-electron chi connectivity index (χ4n) is 7.81. The lowest BCUT2D eigenvalue weighted by Gasteiger charge is -2.35. The van der Waals surface area contributed by atoms with Crippen molar-refractivity contribution in [1.82, 2.24) is 15.0 Å². The van der Waals surface area contributed by atoms with E-state index >= 15 is 0 Å². The van der Waals surface area contributed by atoms with E-state index in [1.807, 2.05) is 116 Å². The molecule has 8 rings (SSSR count). The van der Waals surface area contributed by atoms with Gasteiger partial charge in [-0.15, -0.1) is 0 Å². The minimum absolute atomic E-state index is 0.0176. The maximum Gasteiger partial charge on any atom is 0.272 e. The van der Waals surface area contributed by atoms with Gasteiger partial charge in [-0.05, 0) is 86.1 Å². The van der Waals surface area contributed by atoms with Crippen molar-refractivity contribution >= 4 is 50.7 Å². The number of carbonyl (C=O) groups is 2. The van der Waals surface area contributed by atoms with Crippen molar-refractivity contribution in [2.75, 3.05) is 35.8 Å². The van der Waals surface area contributed by atoms with Crippen LogP contribution in [0.1, 0.15) is 78.5 Å². The number of hydrazine groups is 1. The number of nitrogens with one attached hydrogen (secondary N) is 2. The molecule has 2 fully saturated rings. The minimum Gasteiger partial charge on any atom is -0.384 e. The van der Waals surface area contributed by atoms with Gasteiger partial charge in [0.05, 0.1) is 40.4 Å². The van der Waals surface area contributed by atoms with Gasteiger partial charge in [0, 0.05) is 42.2 Å². The number of anilines is 3. The number of benzene rings is 4. The van der Waals surface area contributed by atoms with Crippen LogP contribution in [0.25, 0.3) is 21.8 Å². The van der Waals surface area contributed by atoms with Crippen molar-refractivity contribution in [3.63, 3.8) is 0 Å². The van der Waals surface area contributed by atoms with Crippen LogP contribution in [-0.4, -0.2) is 46.9 Å². The molecule has 2 aliphatic rings. The fraction of sp³-hybridized carbons (Fsp3) is 0.304. The van der Waals surface area contributed by atoms with E-state index in [9.17, 15) is 9.59 Å². The Morgan fingerprint density at radius 2 is 1.26 bits per heavy atom. The summed E-state index contributed by atoms with van der Waals surface area (Å²) in [5, 5.41) is 12.4. The Balaban J connectivity index is 0.000000167. The average molecular weight is 719 g/mol. The number of para-hydroxylation sites is 3. The molecule has 2 saturated carbocycles. The Morgan fingerprint density at radius 3 is 2.00 bits per heavy atom. The van der Waals surface area contributed by atoms with Crippen molar-refractivity contribution in [2.24, 2.45) is 11.8 Å². The van der Waals surface area contributed by atoms with Crippen LogP contribution in [-0.2, 0) is 0 Å². The summed E-state index contributed by atoms with van der Waals surface area (Å²) in [6.45, 7) is 1.81. The first-order valence-corrected chi connectivity index (χ1v) is 19.5. The summed E-state index contributed by atoms with van der Waals surface area (Å²) in [6.07, 6.45) is 15.1. The average Bonchev–Trinajstić information content (AvgIpc) is 3.75. The van der Waals surface area contributed by atoms with E-state index in [0.717, 1.165) is 52.2 Å². The van der Waals surface area contributed by atoms with Crippen LogP contribution >= 0.6 is 0 Å². The van der Waals surface area contributed by atoms with Crippen molar-refractivity contribution in [3.05, 3.63) is 139 Å². The highest BCUT2D eigenvalue weighted by Gasteiger charge is 2.26. The number of fused-ring (bicyclic) bond motifs is 2. The van der Waals surface area contributed by atoms with Crippen LogP contribution in [0.3, 0.4) is 0 Å². The van der Waals surface area contributed by atoms with Crippen LogP contribution < -0.4 is 15.6 Å². The van der Waals surface area contributed by atoms with Gasteiger partial charge in [-0.2, -0.15) is 0 Å². The molecule has 2 aromatic heterocycles. The molecule has 4 aromatic carbocycles. The molecule has 0 radical (unpaired) electrons. The number of amides is 2. The fourth-order valence-corrected chi connectivity index (χ4v) is 7.81. The van der Waals surface area contributed by atoms with Crippen molar-refractivity contribution < 1.29 is 9.59 Å². The molecule has 0 aliphatic heterocycles. The molecule has 2 aliphatic carbocycles. The van der Waals surface area contributed by atoms with E-state index in [-0.39, 0.29) is 11.8 Å². The number of aromatic nitrogens is 2. The van der Waals surface area contributed by atoms with Gasteiger partial charge >= 0.3 is 0 Å². The van der Waals surface area contributed by atoms with Gasteiger partial charge in [0.25, 0.3) is 11.8 Å². The first-order valence-electron chi connectivity index (χ1n) is 19.5. The molecule has 2 N–H and O–H groups in total. The second-order valence-electron chi connectivity index (χ2n) is 14.7. The van der Waals surface area contributed by atoms with E-state index in [1.54, 1.807) is 17.4 Å². The Bertz CT molecular complexity index is 2160. The lowest BCUT2D eigenvalue weighted by atomic mass is 9.89. The number of pyridine rings is 2. The highest BCUT2D eigenvalue weighted by atomic mass is 16.2. The van der Waals surface area contributed by atoms with Gasteiger partial charge in [0.15, 0.2) is 0 Å². The third-order valence-corrected chi connectivity index (χ3v) is 10.7. The highest BCUT2D eigenvalue weighted by molar-refractivity contribution is 6.08. The monoisotopic (exact) mass is 718 g/mol. The van der Waals surface area contributed by atoms with Crippen LogP contribution in [0.2, 0.25) is 0 Å². The summed E-state index contributed by atoms with van der Waals surface area (Å²) in [5.74, 6) is 1.22. The van der Waals surface area contributed by atoms with Crippen LogP contribution in [0.15, 0.2) is 128 Å². The van der Waals surface area contributed by atoms with Gasteiger partial charge in [0.1, 0.15) is 0 Å². The Kier molecular flexibility index (Phi) is 12.2. The zero-order chi connectivity index (χ0) is 37.1. The van der Waals surface area contributed by atoms with Crippen molar-refractivity contribution in [2.45, 2.75) is 57.8 Å². The zero-order valence-corrected chi connectivity index (χ0v) is 31.2. The second-order valence-corrected chi connectivity index (χ2v) is 14.7. The molecular weight excluding hydrogens is 669 g/mol. The molecule has 0 spiro atoms. The Hall–Kier alpha value is -5.60. The van der Waals surface area contributed by atoms with Crippen LogP contribution in [0.4, 0.5) is 17.1 Å². The molecule has 0 bridgehead atoms. The number of hydrogen-bond acceptors (Lipinski definition) is 6. The van der Waals surface area contributed by atoms with Gasteiger partial charge in [-0.25, -0.2) is 10.0 Å². The molecule has 54 heavy (non-hydrogen) atoms. The topological polar surface area (TPSA) is 90.5 Å². The lowest BCUT2D eigenvalue weighted by Crippen LogP contribution is -2.47. The first kappa shape index (κ1) is 36.7. The zero-order valence-electron chi connectivity index (χ0n) is 31.2. The first-order chi connectivity index (χ1) is 26.5. The predicted molar refractivity (Wildman–Crippen MR) is 221 cm³/mol. The van der Waals surface area contributed by atoms with E-state index in [2.05, 4.69) is 31.7 Å². The van der Waals surface area contributed by atoms with Crippen molar-refractivity contribution in [1.29, 1.82) is 0 Å². The summed E-state index contributed by atoms with van der Waals surface area (Å²) in [6, 6.07) is 37.1. The summed E-state index contributed by atoms with van der Waals surface area (Å²) in [5.41, 5.74) is 5.62. The van der Waals surface area contributed by atoms with Gasteiger partial charge < -0.3 is 10.6 Å². The standard InChI is InChI=1S/C24H27N3O.C22H23N3O/c1-26(18-19-10-4-2-5-11-19)27(24(28)20-12-6-3-7-13-20)22-16-21-14-8-9-15-23(21)25-17-22;26-22(25-18-13-17-9-3-5-11-20(17)24-15-18)19-10-4-6-12-21(19)23-14-16-7-1-2-8-16/h3,6-9,12-17,19H,2,4-5,10-11,18H2,1H3;3-6,9-13,15-16,23H,1-2,7-8,14H2,(H,25,26). The summed E-state index contributed by atoms with van der Waals surface area (Å²) in [4.78, 5) is 35.2. The number of carbonyl (C=O) groups excluding carboxylic acids is 2. The second kappa shape index (κ2) is 18.0. The maximum atomic E-state index is 13.4. The molecule has 6 aromatic rings. The number of hydrogen-bond donors (Lipinski definition) is 2.